The number of hydrogen-bond donors (Lipinski definition) is 1. The van der Waals surface area contributed by atoms with Gasteiger partial charge < -0.3 is 5.32 Å². The Morgan fingerprint density at radius 1 is 1.21 bits per heavy atom. The normalized spacial score (nSPS) is 12.6. The smallest absolute Gasteiger partial charge is 0.0561 e. The van der Waals surface area contributed by atoms with Crippen molar-refractivity contribution >= 4 is 22.9 Å². The average Bonchev–Trinajstić information content (AvgIpc) is 2.83. The molecule has 1 unspecified atom stereocenters. The summed E-state index contributed by atoms with van der Waals surface area (Å²) in [5.74, 6) is 0. The molecule has 2 aromatic rings. The van der Waals surface area contributed by atoms with Crippen molar-refractivity contribution in [1.29, 1.82) is 0 Å². The van der Waals surface area contributed by atoms with Crippen LogP contribution >= 0.6 is 22.9 Å². The largest absolute Gasteiger partial charge is 0.309 e. The van der Waals surface area contributed by atoms with E-state index in [0.717, 1.165) is 24.4 Å². The summed E-state index contributed by atoms with van der Waals surface area (Å²) in [4.78, 5) is 1.25. The Morgan fingerprint density at radius 3 is 2.53 bits per heavy atom. The van der Waals surface area contributed by atoms with Gasteiger partial charge in [-0.15, -0.1) is 11.3 Å². The molecule has 3 heteroatoms. The lowest BCUT2D eigenvalue weighted by Crippen LogP contribution is -2.23. The molecule has 1 heterocycles. The van der Waals surface area contributed by atoms with Gasteiger partial charge in [-0.05, 0) is 43.3 Å². The maximum absolute atomic E-state index is 6.28. The molecule has 1 atom stereocenters. The topological polar surface area (TPSA) is 12.0 Å². The molecule has 0 radical (unpaired) electrons. The minimum atomic E-state index is 0.315. The van der Waals surface area contributed by atoms with Gasteiger partial charge in [-0.2, -0.15) is 0 Å². The lowest BCUT2D eigenvalue weighted by molar-refractivity contribution is 0.537. The quantitative estimate of drug-likeness (QED) is 0.791. The van der Waals surface area contributed by atoms with Gasteiger partial charge in [0.15, 0.2) is 0 Å². The summed E-state index contributed by atoms with van der Waals surface area (Å²) < 4.78 is 0. The molecule has 1 N–H and O–H groups in total. The Balaban J connectivity index is 2.14. The predicted molar refractivity (Wildman–Crippen MR) is 85.2 cm³/mol. The first kappa shape index (κ1) is 14.6. The maximum Gasteiger partial charge on any atom is 0.0561 e. The maximum atomic E-state index is 6.28. The van der Waals surface area contributed by atoms with Gasteiger partial charge in [0.1, 0.15) is 0 Å². The second-order valence-corrected chi connectivity index (χ2v) is 6.18. The molecule has 0 aliphatic heterocycles. The Kier molecular flexibility index (Phi) is 5.44. The molecule has 0 saturated carbocycles. The molecule has 102 valence electrons. The molecule has 1 nitrogen and oxygen atoms in total. The van der Waals surface area contributed by atoms with Crippen LogP contribution in [0.5, 0.6) is 0 Å². The van der Waals surface area contributed by atoms with E-state index in [1.165, 1.54) is 16.0 Å². The van der Waals surface area contributed by atoms with Crippen LogP contribution in [0.25, 0.3) is 0 Å². The van der Waals surface area contributed by atoms with Crippen LogP contribution in [-0.2, 0) is 6.42 Å². The molecule has 2 rings (SSSR count). The zero-order valence-corrected chi connectivity index (χ0v) is 13.0. The fourth-order valence-corrected chi connectivity index (χ4v) is 3.36. The number of rotatable bonds is 6. The SMILES string of the molecule is CCCNC(Cc1ccc(C)cc1)c1sccc1Cl. The highest BCUT2D eigenvalue weighted by Gasteiger charge is 2.16. The Morgan fingerprint density at radius 2 is 1.95 bits per heavy atom. The molecular weight excluding hydrogens is 274 g/mol. The Labute approximate surface area is 124 Å². The van der Waals surface area contributed by atoms with Crippen LogP contribution < -0.4 is 5.32 Å². The van der Waals surface area contributed by atoms with Crippen LogP contribution in [0, 0.1) is 6.92 Å². The standard InChI is InChI=1S/C16H20ClNS/c1-3-9-18-15(16-14(17)8-10-19-16)11-13-6-4-12(2)5-7-13/h4-8,10,15,18H,3,9,11H2,1-2H3. The molecule has 0 aliphatic carbocycles. The van der Waals surface area contributed by atoms with E-state index in [2.05, 4.69) is 48.8 Å². The Bertz CT molecular complexity index is 504. The third kappa shape index (κ3) is 4.07. The summed E-state index contributed by atoms with van der Waals surface area (Å²) in [6.45, 7) is 5.32. The van der Waals surface area contributed by atoms with Gasteiger partial charge in [-0.1, -0.05) is 48.4 Å². The molecule has 0 spiro atoms. The predicted octanol–water partition coefficient (Wildman–Crippen LogP) is 4.99. The van der Waals surface area contributed by atoms with Crippen LogP contribution in [-0.4, -0.2) is 6.54 Å². The van der Waals surface area contributed by atoms with E-state index in [1.54, 1.807) is 11.3 Å². The van der Waals surface area contributed by atoms with Gasteiger partial charge in [0.05, 0.1) is 5.02 Å². The summed E-state index contributed by atoms with van der Waals surface area (Å²) in [6.07, 6.45) is 2.12. The second kappa shape index (κ2) is 7.09. The zero-order valence-electron chi connectivity index (χ0n) is 11.4. The third-order valence-corrected chi connectivity index (χ3v) is 4.63. The number of halogens is 1. The van der Waals surface area contributed by atoms with Crippen molar-refractivity contribution in [3.8, 4) is 0 Å². The highest BCUT2D eigenvalue weighted by Crippen LogP contribution is 2.30. The van der Waals surface area contributed by atoms with Crippen molar-refractivity contribution in [3.05, 3.63) is 56.7 Å². The van der Waals surface area contributed by atoms with Gasteiger partial charge in [-0.25, -0.2) is 0 Å². The van der Waals surface area contributed by atoms with Crippen molar-refractivity contribution in [3.63, 3.8) is 0 Å². The summed E-state index contributed by atoms with van der Waals surface area (Å²) >= 11 is 8.01. The number of nitrogens with one attached hydrogen (secondary N) is 1. The molecule has 0 saturated heterocycles. The summed E-state index contributed by atoms with van der Waals surface area (Å²) in [7, 11) is 0. The van der Waals surface area contributed by atoms with Gasteiger partial charge in [0.2, 0.25) is 0 Å². The fourth-order valence-electron chi connectivity index (χ4n) is 2.09. The highest BCUT2D eigenvalue weighted by molar-refractivity contribution is 7.10. The van der Waals surface area contributed by atoms with E-state index in [0.29, 0.717) is 6.04 Å². The Hall–Kier alpha value is -0.830. The van der Waals surface area contributed by atoms with Gasteiger partial charge in [-0.3, -0.25) is 0 Å². The van der Waals surface area contributed by atoms with E-state index in [4.69, 9.17) is 11.6 Å². The summed E-state index contributed by atoms with van der Waals surface area (Å²) in [5.41, 5.74) is 2.65. The second-order valence-electron chi connectivity index (χ2n) is 4.83. The fraction of sp³-hybridized carbons (Fsp3) is 0.375. The number of thiophene rings is 1. The van der Waals surface area contributed by atoms with Gasteiger partial charge in [0, 0.05) is 10.9 Å². The number of hydrogen-bond acceptors (Lipinski definition) is 2. The number of benzene rings is 1. The van der Waals surface area contributed by atoms with Crippen molar-refractivity contribution < 1.29 is 0 Å². The van der Waals surface area contributed by atoms with Crippen LogP contribution in [0.3, 0.4) is 0 Å². The van der Waals surface area contributed by atoms with Gasteiger partial charge >= 0.3 is 0 Å². The first-order valence-electron chi connectivity index (χ1n) is 6.72. The van der Waals surface area contributed by atoms with Crippen molar-refractivity contribution in [2.24, 2.45) is 0 Å². The van der Waals surface area contributed by atoms with Crippen LogP contribution in [0.15, 0.2) is 35.7 Å². The average molecular weight is 294 g/mol. The lowest BCUT2D eigenvalue weighted by atomic mass is 10.0. The third-order valence-electron chi connectivity index (χ3n) is 3.16. The molecule has 0 fully saturated rings. The molecule has 0 amide bonds. The first-order chi connectivity index (χ1) is 9.20. The van der Waals surface area contributed by atoms with Crippen molar-refractivity contribution in [2.75, 3.05) is 6.54 Å². The lowest BCUT2D eigenvalue weighted by Gasteiger charge is -2.18. The minimum Gasteiger partial charge on any atom is -0.309 e. The van der Waals surface area contributed by atoms with Crippen LogP contribution in [0.4, 0.5) is 0 Å². The first-order valence-corrected chi connectivity index (χ1v) is 7.98. The molecule has 1 aromatic carbocycles. The van der Waals surface area contributed by atoms with Crippen molar-refractivity contribution in [1.82, 2.24) is 5.32 Å². The monoisotopic (exact) mass is 293 g/mol. The number of aryl methyl sites for hydroxylation is 1. The minimum absolute atomic E-state index is 0.315. The summed E-state index contributed by atoms with van der Waals surface area (Å²) in [6, 6.07) is 11.0. The highest BCUT2D eigenvalue weighted by atomic mass is 35.5. The van der Waals surface area contributed by atoms with E-state index in [9.17, 15) is 0 Å². The molecule has 0 bridgehead atoms. The van der Waals surface area contributed by atoms with E-state index < -0.39 is 0 Å². The molecular formula is C16H20ClNS. The van der Waals surface area contributed by atoms with E-state index in [-0.39, 0.29) is 0 Å². The van der Waals surface area contributed by atoms with E-state index >= 15 is 0 Å². The molecule has 1 aromatic heterocycles. The van der Waals surface area contributed by atoms with Crippen LogP contribution in [0.1, 0.15) is 35.4 Å². The zero-order chi connectivity index (χ0) is 13.7. The van der Waals surface area contributed by atoms with Gasteiger partial charge in [0.25, 0.3) is 0 Å². The molecule has 19 heavy (non-hydrogen) atoms. The summed E-state index contributed by atoms with van der Waals surface area (Å²) in [5, 5.41) is 6.54. The molecule has 0 aliphatic rings. The van der Waals surface area contributed by atoms with Crippen LogP contribution in [0.2, 0.25) is 5.02 Å². The van der Waals surface area contributed by atoms with Crippen molar-refractivity contribution in [2.45, 2.75) is 32.7 Å². The van der Waals surface area contributed by atoms with E-state index in [1.807, 2.05) is 6.07 Å².